The number of nitrogens with two attached hydrogens (primary N) is 1. The van der Waals surface area contributed by atoms with Crippen LogP contribution in [0.3, 0.4) is 0 Å². The van der Waals surface area contributed by atoms with Crippen LogP contribution in [-0.2, 0) is 9.53 Å². The van der Waals surface area contributed by atoms with E-state index in [1.807, 2.05) is 0 Å². The number of halogens is 1. The summed E-state index contributed by atoms with van der Waals surface area (Å²) < 4.78 is 6.19. The first kappa shape index (κ1) is 21.3. The van der Waals surface area contributed by atoms with Crippen molar-refractivity contribution in [2.45, 2.75) is 24.5 Å². The topological polar surface area (TPSA) is 151 Å². The molecule has 1 aliphatic rings. The number of hydrogen-bond donors (Lipinski definition) is 4. The van der Waals surface area contributed by atoms with Crippen LogP contribution in [0.1, 0.15) is 6.23 Å². The molecular weight excluding hydrogens is 332 g/mol. The molecule has 11 heteroatoms. The highest BCUT2D eigenvalue weighted by atomic mass is 35.5. The van der Waals surface area contributed by atoms with Crippen LogP contribution in [-0.4, -0.2) is 75.2 Å². The van der Waals surface area contributed by atoms with Crippen molar-refractivity contribution in [3.63, 3.8) is 0 Å². The number of anilines is 1. The molecule has 1 aromatic heterocycles. The SMILES string of the molecule is CN(C)C=O.Cl.Nc1ccn([C@@H]2O[C@H](CO)[C@@H](O)[C@@H]2O)c(=O)n1. The summed E-state index contributed by atoms with van der Waals surface area (Å²) in [6.07, 6.45) is -2.52. The van der Waals surface area contributed by atoms with Crippen molar-refractivity contribution in [1.29, 1.82) is 0 Å². The monoisotopic (exact) mass is 352 g/mol. The van der Waals surface area contributed by atoms with E-state index < -0.39 is 36.8 Å². The zero-order valence-corrected chi connectivity index (χ0v) is 13.5. The minimum atomic E-state index is -1.31. The second kappa shape index (κ2) is 9.43. The molecule has 0 saturated carbocycles. The maximum Gasteiger partial charge on any atom is 0.351 e. The fourth-order valence-electron chi connectivity index (χ4n) is 1.73. The molecule has 2 heterocycles. The Kier molecular flexibility index (Phi) is 8.72. The van der Waals surface area contributed by atoms with E-state index in [2.05, 4.69) is 4.98 Å². The number of nitrogens with zero attached hydrogens (tertiary/aromatic N) is 3. The molecule has 1 amide bonds. The van der Waals surface area contributed by atoms with Crippen LogP contribution in [0.4, 0.5) is 5.82 Å². The standard InChI is InChI=1S/C9H13N3O5.C3H7NO.ClH/c10-5-1-2-12(9(16)11-5)8-7(15)6(14)4(3-13)17-8;1-4(2)3-5;/h1-2,4,6-8,13-15H,3H2,(H2,10,11,16);3H,1-2H3;1H/t4-,6-,7+,8-;;/m1../s1. The lowest BCUT2D eigenvalue weighted by Gasteiger charge is -2.16. The Morgan fingerprint density at radius 2 is 2.00 bits per heavy atom. The lowest BCUT2D eigenvalue weighted by molar-refractivity contribution is -0.115. The van der Waals surface area contributed by atoms with Gasteiger partial charge in [-0.25, -0.2) is 4.79 Å². The zero-order valence-electron chi connectivity index (χ0n) is 12.6. The summed E-state index contributed by atoms with van der Waals surface area (Å²) in [6.45, 7) is -0.453. The van der Waals surface area contributed by atoms with Crippen LogP contribution in [0.25, 0.3) is 0 Å². The molecule has 0 bridgehead atoms. The number of rotatable bonds is 3. The van der Waals surface area contributed by atoms with E-state index in [0.29, 0.717) is 0 Å². The summed E-state index contributed by atoms with van der Waals surface area (Å²) in [4.78, 5) is 25.9. The Bertz CT molecular complexity index is 555. The fraction of sp³-hybridized carbons (Fsp3) is 0.583. The van der Waals surface area contributed by atoms with Gasteiger partial charge >= 0.3 is 5.69 Å². The molecule has 23 heavy (non-hydrogen) atoms. The van der Waals surface area contributed by atoms with E-state index in [1.165, 1.54) is 17.2 Å². The highest BCUT2D eigenvalue weighted by Crippen LogP contribution is 2.27. The normalized spacial score (nSPS) is 25.8. The Balaban J connectivity index is 0.000000709. The van der Waals surface area contributed by atoms with E-state index >= 15 is 0 Å². The summed E-state index contributed by atoms with van der Waals surface area (Å²) in [6, 6.07) is 1.37. The average Bonchev–Trinajstić information content (AvgIpc) is 2.76. The Hall–Kier alpha value is -1.72. The highest BCUT2D eigenvalue weighted by molar-refractivity contribution is 5.85. The predicted molar refractivity (Wildman–Crippen MR) is 82.9 cm³/mol. The van der Waals surface area contributed by atoms with E-state index in [1.54, 1.807) is 14.1 Å². The van der Waals surface area contributed by atoms with Gasteiger partial charge in [0.2, 0.25) is 6.41 Å². The molecule has 1 saturated heterocycles. The van der Waals surface area contributed by atoms with Gasteiger partial charge in [0.25, 0.3) is 0 Å². The highest BCUT2D eigenvalue weighted by Gasteiger charge is 2.43. The lowest BCUT2D eigenvalue weighted by Crippen LogP contribution is -2.36. The molecule has 0 aliphatic carbocycles. The van der Waals surface area contributed by atoms with Crippen molar-refractivity contribution < 1.29 is 24.9 Å². The summed E-state index contributed by atoms with van der Waals surface area (Å²) >= 11 is 0. The Morgan fingerprint density at radius 3 is 2.39 bits per heavy atom. The van der Waals surface area contributed by atoms with Crippen LogP contribution in [0.15, 0.2) is 17.1 Å². The predicted octanol–water partition coefficient (Wildman–Crippen LogP) is -2.44. The van der Waals surface area contributed by atoms with Gasteiger partial charge in [-0.2, -0.15) is 4.98 Å². The number of aromatic nitrogens is 2. The maximum atomic E-state index is 11.5. The molecule has 10 nitrogen and oxygen atoms in total. The van der Waals surface area contributed by atoms with Gasteiger partial charge in [-0.15, -0.1) is 12.4 Å². The largest absolute Gasteiger partial charge is 0.394 e. The van der Waals surface area contributed by atoms with E-state index in [4.69, 9.17) is 15.6 Å². The van der Waals surface area contributed by atoms with Crippen LogP contribution < -0.4 is 11.4 Å². The summed E-state index contributed by atoms with van der Waals surface area (Å²) in [5, 5.41) is 28.2. The molecule has 5 N–H and O–H groups in total. The zero-order chi connectivity index (χ0) is 16.9. The van der Waals surface area contributed by atoms with E-state index in [-0.39, 0.29) is 18.2 Å². The van der Waals surface area contributed by atoms with Gasteiger partial charge in [-0.1, -0.05) is 0 Å². The molecule has 0 unspecified atom stereocenters. The van der Waals surface area contributed by atoms with Gasteiger partial charge in [0.15, 0.2) is 6.23 Å². The van der Waals surface area contributed by atoms with Crippen molar-refractivity contribution in [3.8, 4) is 0 Å². The van der Waals surface area contributed by atoms with Crippen LogP contribution in [0.2, 0.25) is 0 Å². The number of hydrogen-bond acceptors (Lipinski definition) is 8. The lowest BCUT2D eigenvalue weighted by atomic mass is 10.1. The first-order chi connectivity index (χ1) is 10.3. The number of ether oxygens (including phenoxy) is 1. The third kappa shape index (κ3) is 5.44. The third-order valence-electron chi connectivity index (χ3n) is 2.85. The number of carbonyl (C=O) groups excluding carboxylic acids is 1. The molecule has 0 aromatic carbocycles. The van der Waals surface area contributed by atoms with Crippen molar-refractivity contribution in [2.75, 3.05) is 26.4 Å². The summed E-state index contributed by atoms with van der Waals surface area (Å²) in [5.41, 5.74) is 4.63. The van der Waals surface area contributed by atoms with Crippen LogP contribution in [0, 0.1) is 0 Å². The number of aliphatic hydroxyl groups excluding tert-OH is 3. The van der Waals surface area contributed by atoms with Crippen LogP contribution in [0.5, 0.6) is 0 Å². The van der Waals surface area contributed by atoms with Crippen LogP contribution >= 0.6 is 12.4 Å². The quantitative estimate of drug-likeness (QED) is 0.438. The molecule has 2 rings (SSSR count). The molecular formula is C12H21ClN4O6. The van der Waals surface area contributed by atoms with Gasteiger partial charge in [0, 0.05) is 20.3 Å². The fourth-order valence-corrected chi connectivity index (χ4v) is 1.73. The smallest absolute Gasteiger partial charge is 0.351 e. The molecule has 132 valence electrons. The third-order valence-corrected chi connectivity index (χ3v) is 2.85. The van der Waals surface area contributed by atoms with Gasteiger partial charge in [0.1, 0.15) is 24.1 Å². The molecule has 1 fully saturated rings. The van der Waals surface area contributed by atoms with Gasteiger partial charge in [-0.3, -0.25) is 9.36 Å². The van der Waals surface area contributed by atoms with Crippen molar-refractivity contribution >= 4 is 24.6 Å². The first-order valence-corrected chi connectivity index (χ1v) is 6.40. The Labute approximate surface area is 138 Å². The number of amides is 1. The van der Waals surface area contributed by atoms with Crippen molar-refractivity contribution in [3.05, 3.63) is 22.7 Å². The van der Waals surface area contributed by atoms with Crippen molar-refractivity contribution in [1.82, 2.24) is 14.5 Å². The first-order valence-electron chi connectivity index (χ1n) is 6.40. The second-order valence-corrected chi connectivity index (χ2v) is 4.84. The second-order valence-electron chi connectivity index (χ2n) is 4.84. The van der Waals surface area contributed by atoms with E-state index in [0.717, 1.165) is 11.0 Å². The van der Waals surface area contributed by atoms with Crippen molar-refractivity contribution in [2.24, 2.45) is 0 Å². The molecule has 0 radical (unpaired) electrons. The maximum absolute atomic E-state index is 11.5. The minimum Gasteiger partial charge on any atom is -0.394 e. The minimum absolute atomic E-state index is 0. The summed E-state index contributed by atoms with van der Waals surface area (Å²) in [5.74, 6) is 0.0537. The number of aliphatic hydroxyl groups is 3. The number of carbonyl (C=O) groups is 1. The number of nitrogen functional groups attached to an aromatic ring is 1. The van der Waals surface area contributed by atoms with Gasteiger partial charge < -0.3 is 30.7 Å². The van der Waals surface area contributed by atoms with Gasteiger partial charge in [0.05, 0.1) is 6.61 Å². The Morgan fingerprint density at radius 1 is 1.43 bits per heavy atom. The molecule has 0 spiro atoms. The van der Waals surface area contributed by atoms with Gasteiger partial charge in [-0.05, 0) is 6.07 Å². The molecule has 4 atom stereocenters. The average molecular weight is 353 g/mol. The van der Waals surface area contributed by atoms with E-state index in [9.17, 15) is 19.8 Å². The molecule has 1 aliphatic heterocycles. The summed E-state index contributed by atoms with van der Waals surface area (Å²) in [7, 11) is 3.38. The molecule has 1 aromatic rings.